The molecule has 0 radical (unpaired) electrons. The lowest BCUT2D eigenvalue weighted by Gasteiger charge is -2.30. The number of halogens is 1. The second-order valence-electron chi connectivity index (χ2n) is 5.54. The van der Waals surface area contributed by atoms with E-state index in [0.717, 1.165) is 24.8 Å². The molecule has 0 bridgehead atoms. The summed E-state index contributed by atoms with van der Waals surface area (Å²) in [5, 5.41) is 3.24. The van der Waals surface area contributed by atoms with Crippen LogP contribution in [0.5, 0.6) is 0 Å². The Bertz CT molecular complexity index is 526. The van der Waals surface area contributed by atoms with E-state index >= 15 is 0 Å². The molecule has 1 saturated carbocycles. The van der Waals surface area contributed by atoms with Crippen molar-refractivity contribution < 1.29 is 9.53 Å². The molecule has 0 aromatic heterocycles. The van der Waals surface area contributed by atoms with E-state index in [0.29, 0.717) is 13.2 Å². The highest BCUT2D eigenvalue weighted by Gasteiger charge is 2.52. The number of hydrogen-bond acceptors (Lipinski definition) is 4. The second kappa shape index (κ2) is 5.81. The first-order valence-electron chi connectivity index (χ1n) is 6.86. The van der Waals surface area contributed by atoms with Crippen LogP contribution < -0.4 is 5.32 Å². The lowest BCUT2D eigenvalue weighted by atomic mass is 9.87. The van der Waals surface area contributed by atoms with Crippen molar-refractivity contribution in [2.45, 2.75) is 31.9 Å². The fourth-order valence-corrected chi connectivity index (χ4v) is 3.43. The third-order valence-corrected chi connectivity index (χ3v) is 4.77. The topological polar surface area (TPSA) is 50.7 Å². The highest BCUT2D eigenvalue weighted by atomic mass is 127. The van der Waals surface area contributed by atoms with Crippen LogP contribution in [0.4, 0.5) is 0 Å². The summed E-state index contributed by atoms with van der Waals surface area (Å²) in [5.41, 5.74) is 2.40. The molecule has 2 aliphatic rings. The van der Waals surface area contributed by atoms with Gasteiger partial charge in [0, 0.05) is 17.7 Å². The van der Waals surface area contributed by atoms with Gasteiger partial charge in [0.15, 0.2) is 0 Å². The second-order valence-corrected chi connectivity index (χ2v) is 6.02. The highest BCUT2D eigenvalue weighted by molar-refractivity contribution is 14.1. The van der Waals surface area contributed by atoms with Crippen LogP contribution in [0.3, 0.4) is 0 Å². The molecule has 1 N–H and O–H groups in total. The maximum absolute atomic E-state index is 12.2. The number of ether oxygens (including phenoxy) is 1. The molecule has 1 atom stereocenters. The van der Waals surface area contributed by atoms with Crippen molar-refractivity contribution in [3.05, 3.63) is 35.9 Å². The molecule has 1 aliphatic heterocycles. The molecule has 5 heteroatoms. The molecular formula is C15H17IN2O2. The van der Waals surface area contributed by atoms with Crippen molar-refractivity contribution in [1.82, 2.24) is 5.32 Å². The van der Waals surface area contributed by atoms with Crippen LogP contribution >= 0.6 is 22.9 Å². The molecule has 4 nitrogen and oxygen atoms in total. The molecular weight excluding hydrogens is 367 g/mol. The van der Waals surface area contributed by atoms with Crippen LogP contribution in [-0.2, 0) is 16.1 Å². The molecule has 0 unspecified atom stereocenters. The van der Waals surface area contributed by atoms with Crippen LogP contribution in [0.15, 0.2) is 33.5 Å². The smallest absolute Gasteiger partial charge is 0.323 e. The van der Waals surface area contributed by atoms with E-state index in [9.17, 15) is 4.79 Å². The predicted molar refractivity (Wildman–Crippen MR) is 85.8 cm³/mol. The quantitative estimate of drug-likeness (QED) is 0.644. The fourth-order valence-electron chi connectivity index (χ4n) is 2.75. The number of benzene rings is 1. The maximum Gasteiger partial charge on any atom is 0.323 e. The fraction of sp³-hybridized carbons (Fsp3) is 0.467. The zero-order valence-corrected chi connectivity index (χ0v) is 13.3. The van der Waals surface area contributed by atoms with Crippen LogP contribution in [0.25, 0.3) is 0 Å². The van der Waals surface area contributed by atoms with E-state index in [1.807, 2.05) is 30.3 Å². The Morgan fingerprint density at radius 1 is 1.40 bits per heavy atom. The molecule has 2 fully saturated rings. The first-order valence-corrected chi connectivity index (χ1v) is 7.82. The average molecular weight is 384 g/mol. The zero-order chi connectivity index (χ0) is 14.0. The number of rotatable bonds is 3. The Labute approximate surface area is 132 Å². The molecule has 1 spiro atoms. The van der Waals surface area contributed by atoms with Crippen LogP contribution in [0.2, 0.25) is 0 Å². The van der Waals surface area contributed by atoms with Crippen molar-refractivity contribution >= 4 is 34.5 Å². The Kier molecular flexibility index (Phi) is 4.07. The molecule has 1 saturated heterocycles. The van der Waals surface area contributed by atoms with E-state index < -0.39 is 0 Å². The molecule has 3 rings (SSSR count). The lowest BCUT2D eigenvalue weighted by molar-refractivity contribution is -0.148. The normalized spacial score (nSPS) is 25.6. The van der Waals surface area contributed by atoms with E-state index in [4.69, 9.17) is 4.74 Å². The Morgan fingerprint density at radius 3 is 2.80 bits per heavy atom. The molecule has 1 heterocycles. The minimum atomic E-state index is -0.192. The summed E-state index contributed by atoms with van der Waals surface area (Å²) in [6, 6.07) is 9.59. The van der Waals surface area contributed by atoms with Crippen LogP contribution in [0, 0.1) is 5.41 Å². The standard InChI is InChI=1S/C15H17IN2O2/c16-18-13-9-17-12(8-15(13)6-7-15)14(19)20-10-11-4-2-1-3-5-11/h1-5,12,17H,6-10H2/b18-13+/t12-/m0/s1. The summed E-state index contributed by atoms with van der Waals surface area (Å²) >= 11 is 2.05. The molecule has 0 amide bonds. The largest absolute Gasteiger partial charge is 0.460 e. The Morgan fingerprint density at radius 2 is 2.15 bits per heavy atom. The number of carbonyl (C=O) groups is 1. The van der Waals surface area contributed by atoms with Gasteiger partial charge >= 0.3 is 5.97 Å². The van der Waals surface area contributed by atoms with E-state index in [1.165, 1.54) is 5.71 Å². The van der Waals surface area contributed by atoms with Crippen LogP contribution in [-0.4, -0.2) is 24.3 Å². The molecule has 20 heavy (non-hydrogen) atoms. The SMILES string of the molecule is O=C(OCc1ccccc1)[C@@H]1CC2(CC2)/C(=N/I)CN1. The average Bonchev–Trinajstić information content (AvgIpc) is 3.25. The van der Waals surface area contributed by atoms with Gasteiger partial charge in [-0.1, -0.05) is 30.3 Å². The number of carbonyl (C=O) groups excluding carboxylic acids is 1. The van der Waals surface area contributed by atoms with E-state index in [2.05, 4.69) is 31.4 Å². The van der Waals surface area contributed by atoms with Gasteiger partial charge in [-0.2, -0.15) is 0 Å². The van der Waals surface area contributed by atoms with Crippen molar-refractivity contribution in [2.75, 3.05) is 6.54 Å². The predicted octanol–water partition coefficient (Wildman–Crippen LogP) is 2.66. The van der Waals surface area contributed by atoms with Gasteiger partial charge in [-0.05, 0) is 24.8 Å². The van der Waals surface area contributed by atoms with Crippen molar-refractivity contribution in [3.8, 4) is 0 Å². The number of hydrogen-bond donors (Lipinski definition) is 1. The van der Waals surface area contributed by atoms with Crippen LogP contribution in [0.1, 0.15) is 24.8 Å². The summed E-state index contributed by atoms with van der Waals surface area (Å²) < 4.78 is 9.74. The zero-order valence-electron chi connectivity index (χ0n) is 11.1. The Balaban J connectivity index is 1.56. The van der Waals surface area contributed by atoms with Gasteiger partial charge in [0.05, 0.1) is 22.9 Å². The summed E-state index contributed by atoms with van der Waals surface area (Å²) in [6.45, 7) is 1.05. The number of nitrogens with one attached hydrogen (secondary N) is 1. The van der Waals surface area contributed by atoms with Crippen molar-refractivity contribution in [1.29, 1.82) is 0 Å². The number of nitrogens with zero attached hydrogens (tertiary/aromatic N) is 1. The van der Waals surface area contributed by atoms with Gasteiger partial charge in [-0.15, -0.1) is 0 Å². The third kappa shape index (κ3) is 2.88. The molecule has 1 aliphatic carbocycles. The summed E-state index contributed by atoms with van der Waals surface area (Å²) in [4.78, 5) is 12.2. The lowest BCUT2D eigenvalue weighted by Crippen LogP contribution is -2.49. The number of piperidine rings is 1. The van der Waals surface area contributed by atoms with E-state index in [-0.39, 0.29) is 17.4 Å². The van der Waals surface area contributed by atoms with Gasteiger partial charge in [-0.3, -0.25) is 10.1 Å². The number of esters is 1. The molecule has 1 aromatic rings. The monoisotopic (exact) mass is 384 g/mol. The summed E-state index contributed by atoms with van der Waals surface area (Å²) in [5.74, 6) is -0.146. The summed E-state index contributed by atoms with van der Waals surface area (Å²) in [6.07, 6.45) is 3.13. The van der Waals surface area contributed by atoms with Gasteiger partial charge in [0.25, 0.3) is 0 Å². The van der Waals surface area contributed by atoms with Gasteiger partial charge in [0.1, 0.15) is 12.6 Å². The minimum Gasteiger partial charge on any atom is -0.460 e. The van der Waals surface area contributed by atoms with Gasteiger partial charge in [0.2, 0.25) is 0 Å². The Hall–Kier alpha value is -0.950. The van der Waals surface area contributed by atoms with Crippen molar-refractivity contribution in [2.24, 2.45) is 8.62 Å². The first-order chi connectivity index (χ1) is 9.73. The first kappa shape index (κ1) is 14.0. The molecule has 1 aromatic carbocycles. The van der Waals surface area contributed by atoms with Crippen molar-refractivity contribution in [3.63, 3.8) is 0 Å². The minimum absolute atomic E-state index is 0.146. The molecule has 106 valence electrons. The van der Waals surface area contributed by atoms with Gasteiger partial charge < -0.3 is 4.74 Å². The maximum atomic E-state index is 12.2. The van der Waals surface area contributed by atoms with Gasteiger partial charge in [-0.25, -0.2) is 3.21 Å². The summed E-state index contributed by atoms with van der Waals surface area (Å²) in [7, 11) is 0. The highest BCUT2D eigenvalue weighted by Crippen LogP contribution is 2.52. The van der Waals surface area contributed by atoms with E-state index in [1.54, 1.807) is 0 Å². The third-order valence-electron chi connectivity index (χ3n) is 4.19.